The Balaban J connectivity index is 0.000000165. The molecular formula is C104H117B2I3N4O2. The molecule has 2 aromatic heterocycles. The maximum Gasteiger partial charge on any atom is 0.355 e. The molecule has 12 aromatic rings. The average Bonchev–Trinajstić information content (AvgIpc) is 0.920. The number of rotatable bonds is 8. The summed E-state index contributed by atoms with van der Waals surface area (Å²) in [5, 5.41) is 2.43. The molecule has 0 amide bonds. The van der Waals surface area contributed by atoms with Gasteiger partial charge in [-0.3, -0.25) is 0 Å². The molecule has 4 bridgehead atoms. The summed E-state index contributed by atoms with van der Waals surface area (Å²) in [7, 11) is 0. The van der Waals surface area contributed by atoms with Crippen LogP contribution < -0.4 is 36.2 Å². The van der Waals surface area contributed by atoms with Crippen molar-refractivity contribution >= 4 is 181 Å². The Morgan fingerprint density at radius 2 is 0.757 bits per heavy atom. The van der Waals surface area contributed by atoms with Crippen LogP contribution in [0, 0.1) is 55.4 Å². The molecule has 20 rings (SSSR count). The fourth-order valence-corrected chi connectivity index (χ4v) is 20.9. The summed E-state index contributed by atoms with van der Waals surface area (Å²) in [6, 6.07) is 66.1. The van der Waals surface area contributed by atoms with Gasteiger partial charge in [-0.2, -0.15) is 0 Å². The Morgan fingerprint density at radius 1 is 0.374 bits per heavy atom. The number of nitrogens with zero attached hydrogens (tertiary/aromatic N) is 4. The summed E-state index contributed by atoms with van der Waals surface area (Å²) in [5.41, 5.74) is 42.5. The van der Waals surface area contributed by atoms with Crippen molar-refractivity contribution in [1.29, 1.82) is 0 Å². The zero-order valence-electron chi connectivity index (χ0n) is 72.8. The molecule has 6 aliphatic carbocycles. The fraction of sp³-hybridized carbons (Fsp3) is 0.385. The maximum atomic E-state index is 7.49. The maximum absolute atomic E-state index is 7.49. The van der Waals surface area contributed by atoms with Gasteiger partial charge in [0.05, 0.1) is 28.4 Å². The molecular weight excluding hydrogens is 1740 g/mol. The van der Waals surface area contributed by atoms with Gasteiger partial charge in [0.25, 0.3) is 6.71 Å². The van der Waals surface area contributed by atoms with Crippen molar-refractivity contribution in [2.24, 2.45) is 0 Å². The lowest BCUT2D eigenvalue weighted by atomic mass is 9.35. The quantitative estimate of drug-likeness (QED) is 0.112. The van der Waals surface area contributed by atoms with E-state index in [-0.39, 0.29) is 50.0 Å². The molecule has 592 valence electrons. The lowest BCUT2D eigenvalue weighted by molar-refractivity contribution is 0.188. The molecule has 8 aliphatic rings. The molecule has 4 heterocycles. The molecule has 115 heavy (non-hydrogen) atoms. The van der Waals surface area contributed by atoms with E-state index in [0.29, 0.717) is 0 Å². The van der Waals surface area contributed by atoms with Crippen LogP contribution in [0.5, 0.6) is 0 Å². The van der Waals surface area contributed by atoms with E-state index in [4.69, 9.17) is 8.83 Å². The van der Waals surface area contributed by atoms with Crippen LogP contribution in [0.2, 0.25) is 0 Å². The second kappa shape index (κ2) is 29.1. The Labute approximate surface area is 728 Å². The second-order valence-electron chi connectivity index (χ2n) is 40.6. The van der Waals surface area contributed by atoms with Crippen molar-refractivity contribution < 1.29 is 8.83 Å². The highest BCUT2D eigenvalue weighted by atomic mass is 127. The number of anilines is 12. The van der Waals surface area contributed by atoms with Gasteiger partial charge in [-0.15, -0.1) is 67.1 Å². The zero-order valence-corrected chi connectivity index (χ0v) is 79.3. The number of benzene rings is 10. The van der Waals surface area contributed by atoms with Crippen LogP contribution in [0.4, 0.5) is 68.2 Å². The van der Waals surface area contributed by atoms with Gasteiger partial charge in [0.15, 0.2) is 0 Å². The third-order valence-electron chi connectivity index (χ3n) is 27.5. The van der Waals surface area contributed by atoms with Crippen molar-refractivity contribution in [2.45, 2.75) is 261 Å². The van der Waals surface area contributed by atoms with E-state index < -0.39 is 0 Å². The number of aryl methyl sites for hydroxylation is 8. The van der Waals surface area contributed by atoms with Crippen molar-refractivity contribution in [1.82, 2.24) is 0 Å². The van der Waals surface area contributed by atoms with E-state index in [9.17, 15) is 0 Å². The molecule has 0 saturated heterocycles. The molecule has 10 aromatic carbocycles. The fourth-order valence-electron chi connectivity index (χ4n) is 20.9. The van der Waals surface area contributed by atoms with Crippen molar-refractivity contribution in [3.63, 3.8) is 0 Å². The Bertz CT molecular complexity index is 5730. The summed E-state index contributed by atoms with van der Waals surface area (Å²) in [6.45, 7) is 55.5. The SMILES string of the molecule is Cc1cc(C)c(N2c3cc(C)cc4c3B(c3cc(C(C)(C)C)ccc3N4c3ccc(C(C)(C)C)cc3)c3oc4cc5c(cc4c32)C2(C)CCC5(C)CC2)c(C)c1.Cc1cc(N(c2ccc(C(C)(C)C)cc2)c2ccc(C(C)(C)C)cc2)cc(N(c2c(C)cc(C)cc2C)c2coc3cc4c(cc23)C2(C)CCC4(C)CC2)c1.IB(I)I. The summed E-state index contributed by atoms with van der Waals surface area (Å²) in [5.74, 6) is 0. The lowest BCUT2D eigenvalue weighted by Gasteiger charge is -2.52. The molecule has 0 radical (unpaired) electrons. The van der Waals surface area contributed by atoms with Gasteiger partial charge >= 0.3 is 0.282 Å². The van der Waals surface area contributed by atoms with E-state index in [2.05, 4.69) is 423 Å². The molecule has 2 saturated carbocycles. The summed E-state index contributed by atoms with van der Waals surface area (Å²) >= 11 is 6.95. The first-order chi connectivity index (χ1) is 53.9. The molecule has 0 N–H and O–H groups in total. The summed E-state index contributed by atoms with van der Waals surface area (Å²) in [6.07, 6.45) is 12.0. The van der Waals surface area contributed by atoms with Crippen molar-refractivity contribution in [3.05, 3.63) is 265 Å². The number of hydrogen-bond donors (Lipinski definition) is 0. The van der Waals surface area contributed by atoms with E-state index in [1.807, 2.05) is 6.26 Å². The second-order valence-corrected chi connectivity index (χ2v) is 51.5. The smallest absolute Gasteiger partial charge is 0.355 e. The van der Waals surface area contributed by atoms with Crippen LogP contribution in [-0.4, -0.2) is 6.99 Å². The molecule has 2 aliphatic heterocycles. The number of hydrogen-bond acceptors (Lipinski definition) is 6. The minimum atomic E-state index is -0.0624. The van der Waals surface area contributed by atoms with Gasteiger partial charge in [-0.1, -0.05) is 195 Å². The van der Waals surface area contributed by atoms with E-state index >= 15 is 0 Å². The van der Waals surface area contributed by atoms with Crippen LogP contribution in [0.15, 0.2) is 185 Å². The van der Waals surface area contributed by atoms with Crippen molar-refractivity contribution in [3.8, 4) is 0 Å². The predicted octanol–water partition coefficient (Wildman–Crippen LogP) is 30.0. The van der Waals surface area contributed by atoms with E-state index in [0.717, 1.165) is 45.5 Å². The summed E-state index contributed by atoms with van der Waals surface area (Å²) in [4.78, 5) is 10.1. The first-order valence-electron chi connectivity index (χ1n) is 42.1. The molecule has 0 atom stereocenters. The highest BCUT2D eigenvalue weighted by Crippen LogP contribution is 2.61. The largest absolute Gasteiger partial charge is 0.468 e. The van der Waals surface area contributed by atoms with E-state index in [1.54, 1.807) is 5.56 Å². The van der Waals surface area contributed by atoms with Gasteiger partial charge in [0, 0.05) is 56.3 Å². The third kappa shape index (κ3) is 14.5. The zero-order chi connectivity index (χ0) is 82.2. The topological polar surface area (TPSA) is 39.2 Å². The van der Waals surface area contributed by atoms with Gasteiger partial charge in [0.1, 0.15) is 17.4 Å². The summed E-state index contributed by atoms with van der Waals surface area (Å²) < 4.78 is 14.8. The normalized spacial score (nSPS) is 19.8. The van der Waals surface area contributed by atoms with Crippen molar-refractivity contribution in [2.75, 3.05) is 19.6 Å². The minimum absolute atomic E-state index is 0.0125. The third-order valence-corrected chi connectivity index (χ3v) is 27.5. The number of fused-ring (bicyclic) bond motifs is 11. The number of furan rings is 2. The van der Waals surface area contributed by atoms with Crippen LogP contribution >= 0.6 is 67.1 Å². The first kappa shape index (κ1) is 81.5. The Morgan fingerprint density at radius 3 is 1.22 bits per heavy atom. The van der Waals surface area contributed by atoms with E-state index in [1.165, 1.54) is 196 Å². The molecule has 11 heteroatoms. The van der Waals surface area contributed by atoms with Gasteiger partial charge in [0.2, 0.25) is 0 Å². The standard InChI is InChI=1S/C52H57BN2O.C52H60N2O.BI3/c1-30-23-32(3)46(33(4)24-30)55-43-26-31(2)25-42-45(43)53(48-47(55)37-28-38-39(29-44(37)56-48)52(12)21-19-51(38,11)20-22-52)40-27-35(50(8,9)10)15-18-41(40)54(42)36-16-13-34(14-17-36)49(5,6)7;1-33-25-35(3)48(36(4)26-33)54(46-32-55-47-31-45-44(30-43(46)47)51(11)21-23-52(45,12)24-22-51)42-28-34(2)27-41(29-42)53(39-17-13-37(14-18-39)49(5,6)7)40-19-15-38(16-20-40)50(8,9)10;2-1(3)4/h13-18,23-29H,19-22H2,1-12H3;13-20,25-32H,21-24H2,1-12H3;. The van der Waals surface area contributed by atoms with Crippen LogP contribution in [0.3, 0.4) is 0 Å². The van der Waals surface area contributed by atoms with Gasteiger partial charge < -0.3 is 28.4 Å². The van der Waals surface area contributed by atoms with Gasteiger partial charge in [-0.25, -0.2) is 0 Å². The monoisotopic (exact) mass is 1860 g/mol. The van der Waals surface area contributed by atoms with Crippen LogP contribution in [-0.2, 0) is 43.3 Å². The molecule has 0 spiro atoms. The molecule has 6 nitrogen and oxygen atoms in total. The van der Waals surface area contributed by atoms with Crippen LogP contribution in [0.25, 0.3) is 21.9 Å². The Hall–Kier alpha value is -7.20. The first-order valence-corrected chi connectivity index (χ1v) is 45.9. The predicted molar refractivity (Wildman–Crippen MR) is 523 cm³/mol. The van der Waals surface area contributed by atoms with Gasteiger partial charge in [-0.05, 0) is 336 Å². The lowest BCUT2D eigenvalue weighted by Crippen LogP contribution is -2.61. The highest BCUT2D eigenvalue weighted by molar-refractivity contribution is 14.4. The van der Waals surface area contributed by atoms with Crippen LogP contribution in [0.1, 0.15) is 251 Å². The Kier molecular flexibility index (Phi) is 20.6. The molecule has 2 fully saturated rings. The number of halogens is 3. The minimum Gasteiger partial charge on any atom is -0.468 e. The molecule has 0 unspecified atom stereocenters. The highest BCUT2D eigenvalue weighted by Gasteiger charge is 2.52. The average molecular weight is 1860 g/mol.